The van der Waals surface area contributed by atoms with Gasteiger partial charge in [0.1, 0.15) is 0 Å². The second-order valence-corrected chi connectivity index (χ2v) is 8.37. The van der Waals surface area contributed by atoms with E-state index in [1.807, 2.05) is 79.9 Å². The van der Waals surface area contributed by atoms with Gasteiger partial charge in [0, 0.05) is 10.6 Å². The van der Waals surface area contributed by atoms with Gasteiger partial charge in [-0.1, -0.05) is 48.5 Å². The van der Waals surface area contributed by atoms with Gasteiger partial charge in [-0.05, 0) is 55.1 Å². The lowest BCUT2D eigenvalue weighted by Crippen LogP contribution is -2.40. The van der Waals surface area contributed by atoms with Crippen molar-refractivity contribution in [2.45, 2.75) is 19.9 Å². The van der Waals surface area contributed by atoms with Gasteiger partial charge in [-0.15, -0.1) is 11.3 Å². The van der Waals surface area contributed by atoms with Crippen LogP contribution >= 0.6 is 11.3 Å². The molecular formula is C24H27N3O2S. The number of benzene rings is 2. The summed E-state index contributed by atoms with van der Waals surface area (Å²) in [5.74, 6) is -0.267. The Morgan fingerprint density at radius 2 is 1.67 bits per heavy atom. The second-order valence-electron chi connectivity index (χ2n) is 7.39. The smallest absolute Gasteiger partial charge is 0.238 e. The van der Waals surface area contributed by atoms with Gasteiger partial charge in [-0.3, -0.25) is 14.5 Å². The lowest BCUT2D eigenvalue weighted by atomic mass is 10.1. The fourth-order valence-corrected chi connectivity index (χ4v) is 4.05. The number of hydrogen-bond acceptors (Lipinski definition) is 4. The van der Waals surface area contributed by atoms with E-state index in [-0.39, 0.29) is 30.9 Å². The van der Waals surface area contributed by atoms with Crippen molar-refractivity contribution in [3.8, 4) is 0 Å². The first-order chi connectivity index (χ1) is 14.4. The minimum absolute atomic E-state index is 0.126. The third-order valence-corrected chi connectivity index (χ3v) is 5.91. The first kappa shape index (κ1) is 21.7. The standard InChI is InChI=1S/C24H27N3O2S/c1-17-9-7-12-20(18(17)2)25-22(28)15-27(3)16-23(29)26-24(21-13-8-14-30-21)19-10-5-4-6-11-19/h4-14,24H,15-16H2,1-3H3,(H,25,28)(H,26,29)/t24-/m0/s1. The zero-order valence-electron chi connectivity index (χ0n) is 17.5. The Balaban J connectivity index is 1.58. The molecule has 30 heavy (non-hydrogen) atoms. The molecule has 5 nitrogen and oxygen atoms in total. The molecule has 0 saturated heterocycles. The minimum atomic E-state index is -0.198. The van der Waals surface area contributed by atoms with E-state index in [9.17, 15) is 9.59 Å². The average molecular weight is 422 g/mol. The molecule has 0 aliphatic rings. The van der Waals surface area contributed by atoms with Crippen molar-refractivity contribution < 1.29 is 9.59 Å². The molecule has 1 heterocycles. The molecular weight excluding hydrogens is 394 g/mol. The predicted molar refractivity (Wildman–Crippen MR) is 123 cm³/mol. The van der Waals surface area contributed by atoms with Crippen molar-refractivity contribution in [1.29, 1.82) is 0 Å². The largest absolute Gasteiger partial charge is 0.343 e. The van der Waals surface area contributed by atoms with E-state index >= 15 is 0 Å². The van der Waals surface area contributed by atoms with Gasteiger partial charge in [0.15, 0.2) is 0 Å². The SMILES string of the molecule is Cc1cccc(NC(=O)CN(C)CC(=O)N[C@@H](c2ccccc2)c2cccs2)c1C. The molecule has 0 unspecified atom stereocenters. The molecule has 2 N–H and O–H groups in total. The van der Waals surface area contributed by atoms with Crippen molar-refractivity contribution in [1.82, 2.24) is 10.2 Å². The number of carbonyl (C=O) groups excluding carboxylic acids is 2. The molecule has 0 bridgehead atoms. The summed E-state index contributed by atoms with van der Waals surface area (Å²) in [6, 6.07) is 19.5. The van der Waals surface area contributed by atoms with E-state index in [1.165, 1.54) is 0 Å². The summed E-state index contributed by atoms with van der Waals surface area (Å²) in [6.45, 7) is 4.26. The van der Waals surface area contributed by atoms with Crippen molar-refractivity contribution in [2.24, 2.45) is 0 Å². The topological polar surface area (TPSA) is 61.4 Å². The van der Waals surface area contributed by atoms with Gasteiger partial charge >= 0.3 is 0 Å². The molecule has 6 heteroatoms. The first-order valence-electron chi connectivity index (χ1n) is 9.86. The summed E-state index contributed by atoms with van der Waals surface area (Å²) in [5.41, 5.74) is 4.01. The number of thiophene rings is 1. The molecule has 156 valence electrons. The van der Waals surface area contributed by atoms with E-state index in [0.717, 1.165) is 27.3 Å². The Morgan fingerprint density at radius 1 is 0.933 bits per heavy atom. The fraction of sp³-hybridized carbons (Fsp3) is 0.250. The van der Waals surface area contributed by atoms with E-state index < -0.39 is 0 Å². The summed E-state index contributed by atoms with van der Waals surface area (Å²) in [4.78, 5) is 27.9. The lowest BCUT2D eigenvalue weighted by molar-refractivity contribution is -0.123. The third-order valence-electron chi connectivity index (χ3n) is 4.97. The Hall–Kier alpha value is -2.96. The molecule has 1 atom stereocenters. The number of likely N-dealkylation sites (N-methyl/N-ethyl adjacent to an activating group) is 1. The molecule has 0 saturated carbocycles. The number of nitrogens with one attached hydrogen (secondary N) is 2. The predicted octanol–water partition coefficient (Wildman–Crippen LogP) is 4.14. The molecule has 2 aromatic carbocycles. The minimum Gasteiger partial charge on any atom is -0.343 e. The normalized spacial score (nSPS) is 11.9. The number of nitrogens with zero attached hydrogens (tertiary/aromatic N) is 1. The summed E-state index contributed by atoms with van der Waals surface area (Å²) in [6.07, 6.45) is 0. The zero-order valence-corrected chi connectivity index (χ0v) is 18.3. The Morgan fingerprint density at radius 3 is 2.37 bits per heavy atom. The summed E-state index contributed by atoms with van der Waals surface area (Å²) in [5, 5.41) is 8.04. The van der Waals surface area contributed by atoms with Gasteiger partial charge in [0.2, 0.25) is 11.8 Å². The summed E-state index contributed by atoms with van der Waals surface area (Å²) in [7, 11) is 1.77. The molecule has 2 amide bonds. The van der Waals surface area contributed by atoms with E-state index in [1.54, 1.807) is 23.3 Å². The number of aryl methyl sites for hydroxylation is 1. The number of amides is 2. The molecule has 0 spiro atoms. The highest BCUT2D eigenvalue weighted by Crippen LogP contribution is 2.25. The first-order valence-corrected chi connectivity index (χ1v) is 10.7. The van der Waals surface area contributed by atoms with Crippen LogP contribution < -0.4 is 10.6 Å². The maximum atomic E-state index is 12.7. The lowest BCUT2D eigenvalue weighted by Gasteiger charge is -2.21. The average Bonchev–Trinajstić information content (AvgIpc) is 3.24. The zero-order chi connectivity index (χ0) is 21.5. The van der Waals surface area contributed by atoms with Gasteiger partial charge in [-0.2, -0.15) is 0 Å². The van der Waals surface area contributed by atoms with Crippen LogP contribution in [0.25, 0.3) is 0 Å². The highest BCUT2D eigenvalue weighted by Gasteiger charge is 2.19. The van der Waals surface area contributed by atoms with Crippen LogP contribution in [-0.2, 0) is 9.59 Å². The summed E-state index contributed by atoms with van der Waals surface area (Å²) < 4.78 is 0. The Kier molecular flexibility index (Phi) is 7.38. The highest BCUT2D eigenvalue weighted by atomic mass is 32.1. The van der Waals surface area contributed by atoms with Crippen LogP contribution in [0, 0.1) is 13.8 Å². The van der Waals surface area contributed by atoms with Crippen LogP contribution in [0.2, 0.25) is 0 Å². The summed E-state index contributed by atoms with van der Waals surface area (Å²) >= 11 is 1.61. The Labute approximate surface area is 181 Å². The number of rotatable bonds is 8. The molecule has 0 fully saturated rings. The molecule has 3 aromatic rings. The van der Waals surface area contributed by atoms with Crippen LogP contribution in [-0.4, -0.2) is 36.9 Å². The molecule has 0 radical (unpaired) electrons. The highest BCUT2D eigenvalue weighted by molar-refractivity contribution is 7.10. The van der Waals surface area contributed by atoms with Crippen LogP contribution in [0.3, 0.4) is 0 Å². The van der Waals surface area contributed by atoms with Crippen molar-refractivity contribution in [3.63, 3.8) is 0 Å². The van der Waals surface area contributed by atoms with Crippen LogP contribution in [0.15, 0.2) is 66.0 Å². The van der Waals surface area contributed by atoms with Crippen LogP contribution in [0.1, 0.15) is 27.6 Å². The number of anilines is 1. The second kappa shape index (κ2) is 10.2. The van der Waals surface area contributed by atoms with Gasteiger partial charge in [-0.25, -0.2) is 0 Å². The monoisotopic (exact) mass is 421 g/mol. The van der Waals surface area contributed by atoms with Crippen LogP contribution in [0.4, 0.5) is 5.69 Å². The van der Waals surface area contributed by atoms with E-state index in [0.29, 0.717) is 0 Å². The van der Waals surface area contributed by atoms with E-state index in [4.69, 9.17) is 0 Å². The van der Waals surface area contributed by atoms with Crippen molar-refractivity contribution in [2.75, 3.05) is 25.5 Å². The number of carbonyl (C=O) groups is 2. The quantitative estimate of drug-likeness (QED) is 0.575. The van der Waals surface area contributed by atoms with E-state index in [2.05, 4.69) is 10.6 Å². The fourth-order valence-electron chi connectivity index (χ4n) is 3.25. The number of hydrogen-bond donors (Lipinski definition) is 2. The van der Waals surface area contributed by atoms with Gasteiger partial charge < -0.3 is 10.6 Å². The van der Waals surface area contributed by atoms with Crippen LogP contribution in [0.5, 0.6) is 0 Å². The maximum Gasteiger partial charge on any atom is 0.238 e. The van der Waals surface area contributed by atoms with Crippen molar-refractivity contribution in [3.05, 3.63) is 87.6 Å². The molecule has 0 aliphatic carbocycles. The van der Waals surface area contributed by atoms with Gasteiger partial charge in [0.25, 0.3) is 0 Å². The molecule has 1 aromatic heterocycles. The maximum absolute atomic E-state index is 12.7. The van der Waals surface area contributed by atoms with Gasteiger partial charge in [0.05, 0.1) is 19.1 Å². The molecule has 0 aliphatic heterocycles. The van der Waals surface area contributed by atoms with Crippen molar-refractivity contribution >= 4 is 28.8 Å². The Bertz CT molecular complexity index is 987. The third kappa shape index (κ3) is 5.78. The molecule has 3 rings (SSSR count).